The second-order valence-electron chi connectivity index (χ2n) is 21.5. The molecule has 79 heavy (non-hydrogen) atoms. The topological polar surface area (TPSA) is 194 Å². The maximum Gasteiger partial charge on any atom is 0.261 e. The van der Waals surface area contributed by atoms with Crippen molar-refractivity contribution in [2.24, 2.45) is 11.3 Å². The number of thiophene rings is 1. The molecular weight excluding hydrogens is 1020 g/mol. The van der Waals surface area contributed by atoms with E-state index in [2.05, 4.69) is 94.6 Å². The van der Waals surface area contributed by atoms with Gasteiger partial charge in [0.05, 0.1) is 43.8 Å². The first-order valence-electron chi connectivity index (χ1n) is 26.7. The molecule has 10 rings (SSSR count). The fourth-order valence-corrected chi connectivity index (χ4v) is 11.6. The van der Waals surface area contributed by atoms with E-state index in [1.807, 2.05) is 93.9 Å². The van der Waals surface area contributed by atoms with Crippen LogP contribution in [0.25, 0.3) is 54.9 Å². The van der Waals surface area contributed by atoms with Crippen LogP contribution in [0.5, 0.6) is 0 Å². The summed E-state index contributed by atoms with van der Waals surface area (Å²) >= 11 is 1.58. The summed E-state index contributed by atoms with van der Waals surface area (Å²) in [4.78, 5) is 71.2. The highest BCUT2D eigenvalue weighted by Gasteiger charge is 2.57. The molecule has 2 aliphatic rings. The molecule has 2 unspecified atom stereocenters. The van der Waals surface area contributed by atoms with Crippen molar-refractivity contribution in [3.63, 3.8) is 0 Å². The number of hydrogen-bond donors (Lipinski definition) is 6. The van der Waals surface area contributed by atoms with Crippen molar-refractivity contribution in [1.29, 1.82) is 0 Å². The van der Waals surface area contributed by atoms with Gasteiger partial charge in [0.25, 0.3) is 5.56 Å². The van der Waals surface area contributed by atoms with Crippen molar-refractivity contribution in [3.8, 4) is 33.0 Å². The van der Waals surface area contributed by atoms with Gasteiger partial charge in [-0.3, -0.25) is 29.0 Å². The minimum absolute atomic E-state index is 0.0361. The van der Waals surface area contributed by atoms with Crippen LogP contribution in [0.1, 0.15) is 50.8 Å². The van der Waals surface area contributed by atoms with Gasteiger partial charge in [0.1, 0.15) is 23.2 Å². The van der Waals surface area contributed by atoms with Crippen LogP contribution in [0.4, 0.5) is 21.5 Å². The second kappa shape index (κ2) is 22.8. The van der Waals surface area contributed by atoms with Gasteiger partial charge in [-0.05, 0) is 102 Å². The molecule has 3 amide bonds. The number of H-pyrrole nitrogens is 2. The summed E-state index contributed by atoms with van der Waals surface area (Å²) in [5, 5.41) is 11.3. The van der Waals surface area contributed by atoms with E-state index >= 15 is 0 Å². The van der Waals surface area contributed by atoms with Crippen LogP contribution >= 0.6 is 11.3 Å². The molecule has 0 spiro atoms. The molecule has 408 valence electrons. The molecule has 5 aromatic carbocycles. The lowest BCUT2D eigenvalue weighted by molar-refractivity contribution is -0.126. The number of imidazole rings is 1. The Kier molecular flexibility index (Phi) is 15.7. The number of halogens is 1. The molecule has 17 heteroatoms. The summed E-state index contributed by atoms with van der Waals surface area (Å²) in [5.74, 6) is -0.567. The van der Waals surface area contributed by atoms with Crippen molar-refractivity contribution in [2.45, 2.75) is 51.8 Å². The molecule has 15 nitrogen and oxygen atoms in total. The number of rotatable bonds is 20. The van der Waals surface area contributed by atoms with E-state index in [9.17, 15) is 23.6 Å². The first-order valence-corrected chi connectivity index (χ1v) is 27.6. The van der Waals surface area contributed by atoms with Gasteiger partial charge >= 0.3 is 0 Å². The zero-order valence-corrected chi connectivity index (χ0v) is 46.1. The molecule has 1 saturated carbocycles. The summed E-state index contributed by atoms with van der Waals surface area (Å²) < 4.78 is 21.1. The minimum Gasteiger partial charge on any atom is -0.397 e. The van der Waals surface area contributed by atoms with Crippen molar-refractivity contribution < 1.29 is 23.5 Å². The van der Waals surface area contributed by atoms with E-state index in [0.29, 0.717) is 43.7 Å². The lowest BCUT2D eigenvalue weighted by Gasteiger charge is -2.36. The number of nitrogen functional groups attached to an aromatic ring is 1. The van der Waals surface area contributed by atoms with Crippen LogP contribution in [-0.4, -0.2) is 108 Å². The van der Waals surface area contributed by atoms with E-state index in [4.69, 9.17) is 10.5 Å². The number of likely N-dealkylation sites (N-methyl/N-ethyl adjacent to an activating group) is 2. The van der Waals surface area contributed by atoms with Crippen molar-refractivity contribution in [1.82, 2.24) is 35.4 Å². The predicted molar refractivity (Wildman–Crippen MR) is 314 cm³/mol. The molecule has 3 aromatic heterocycles. The highest BCUT2D eigenvalue weighted by molar-refractivity contribution is 7.14. The van der Waals surface area contributed by atoms with E-state index in [1.165, 1.54) is 12.1 Å². The average molecular weight is 1080 g/mol. The molecule has 0 bridgehead atoms. The monoisotopic (exact) mass is 1080 g/mol. The van der Waals surface area contributed by atoms with E-state index in [-0.39, 0.29) is 52.5 Å². The third kappa shape index (κ3) is 11.6. The van der Waals surface area contributed by atoms with Gasteiger partial charge in [-0.15, -0.1) is 11.3 Å². The highest BCUT2D eigenvalue weighted by atomic mass is 32.1. The molecule has 2 fully saturated rings. The summed E-state index contributed by atoms with van der Waals surface area (Å²) in [7, 11) is 3.63. The third-order valence-corrected chi connectivity index (χ3v) is 16.8. The zero-order valence-electron chi connectivity index (χ0n) is 45.3. The number of amides is 3. The molecule has 7 N–H and O–H groups in total. The number of benzene rings is 5. The SMILES string of the molecule is C=C1C(CC(=O)NCCN2CCN(c3ccc4nc(-c5c(N)c6c(F)cccc6[nH]c5=O)[nH]c4c3)CC2)C1(C)OCCC(C)(C)C(=O)Nc1ccsc1-c1cccc(-c2ccc(CN(C)[C@H](C(=O)NC)c3ccccc3)cc2)c1. The average Bonchev–Trinajstić information content (AvgIpc) is 4.11. The van der Waals surface area contributed by atoms with Crippen molar-refractivity contribution in [3.05, 3.63) is 166 Å². The number of carbonyl (C=O) groups excluding carboxylic acids is 3. The molecule has 4 heterocycles. The molecule has 3 atom stereocenters. The summed E-state index contributed by atoms with van der Waals surface area (Å²) in [6.45, 7) is 15.4. The molecule has 1 saturated heterocycles. The quantitative estimate of drug-likeness (QED) is 0.0400. The second-order valence-corrected chi connectivity index (χ2v) is 22.4. The Morgan fingerprint density at radius 3 is 2.43 bits per heavy atom. The third-order valence-electron chi connectivity index (χ3n) is 15.8. The molecule has 1 aliphatic carbocycles. The molecule has 1 aliphatic heterocycles. The fraction of sp³-hybridized carbons (Fsp3) is 0.306. The minimum atomic E-state index is -0.749. The van der Waals surface area contributed by atoms with Gasteiger partial charge in [0, 0.05) is 82.9 Å². The number of piperazine rings is 1. The van der Waals surface area contributed by atoms with Crippen LogP contribution in [0.15, 0.2) is 144 Å². The molecule has 8 aromatic rings. The Labute approximate surface area is 463 Å². The molecule has 0 radical (unpaired) electrons. The predicted octanol–water partition coefficient (Wildman–Crippen LogP) is 9.75. The number of aromatic nitrogens is 3. The Morgan fingerprint density at radius 1 is 0.924 bits per heavy atom. The number of ether oxygens (including phenoxy) is 1. The summed E-state index contributed by atoms with van der Waals surface area (Å²) in [5.41, 5.74) is 14.2. The maximum atomic E-state index is 14.7. The Morgan fingerprint density at radius 2 is 1.67 bits per heavy atom. The van der Waals surface area contributed by atoms with Crippen molar-refractivity contribution in [2.75, 3.05) is 75.9 Å². The highest BCUT2D eigenvalue weighted by Crippen LogP contribution is 2.54. The Bertz CT molecular complexity index is 3620. The standard InChI is InChI=1S/C62H67FN10O5S/c1-38-45(36-51(74)66-26-27-72-28-30-73(31-29-72)44-22-23-47-50(35-44)68-57(67-47)53-54(64)52-46(63)16-11-17-48(52)69-58(53)75)62(38,4)78-32-25-61(2,3)60(77)70-49-24-33-79-56(49)43-15-10-14-42(34-43)40-20-18-39(19-21-40)37-71(6)55(59(76)65-5)41-12-8-7-9-13-41/h7-24,33-35,45,55H,1,25-32,36-37H2,2-6H3,(H,65,76)(H,66,74)(H,67,68)(H,70,77)(H3,64,69,75)/t45?,55-,62?/m0/s1. The number of aromatic amines is 2. The van der Waals surface area contributed by atoms with Gasteiger partial charge in [-0.25, -0.2) is 9.37 Å². The summed E-state index contributed by atoms with van der Waals surface area (Å²) in [6.07, 6.45) is 0.754. The van der Waals surface area contributed by atoms with Gasteiger partial charge in [-0.1, -0.05) is 99.3 Å². The van der Waals surface area contributed by atoms with Crippen LogP contribution in [0, 0.1) is 17.2 Å². The number of nitrogens with one attached hydrogen (secondary N) is 5. The first-order chi connectivity index (χ1) is 38.0. The lowest BCUT2D eigenvalue weighted by atomic mass is 9.88. The number of pyridine rings is 1. The zero-order chi connectivity index (χ0) is 55.6. The number of anilines is 3. The van der Waals surface area contributed by atoms with Gasteiger partial charge in [-0.2, -0.15) is 0 Å². The first kappa shape index (κ1) is 54.4. The van der Waals surface area contributed by atoms with Gasteiger partial charge in [0.15, 0.2) is 0 Å². The van der Waals surface area contributed by atoms with Crippen LogP contribution < -0.4 is 32.1 Å². The smallest absolute Gasteiger partial charge is 0.261 e. The lowest BCUT2D eigenvalue weighted by Crippen LogP contribution is -2.48. The molecular formula is C62H67FN10O5S. The van der Waals surface area contributed by atoms with Gasteiger partial charge in [0.2, 0.25) is 17.7 Å². The largest absolute Gasteiger partial charge is 0.397 e. The van der Waals surface area contributed by atoms with Crippen LogP contribution in [-0.2, 0) is 25.7 Å². The normalized spacial score (nSPS) is 17.1. The van der Waals surface area contributed by atoms with Crippen molar-refractivity contribution >= 4 is 68.1 Å². The maximum absolute atomic E-state index is 14.7. The van der Waals surface area contributed by atoms with E-state index in [1.54, 1.807) is 24.5 Å². The van der Waals surface area contributed by atoms with E-state index in [0.717, 1.165) is 81.3 Å². The summed E-state index contributed by atoms with van der Waals surface area (Å²) in [6, 6.07) is 38.4. The number of nitrogens with zero attached hydrogens (tertiary/aromatic N) is 4. The van der Waals surface area contributed by atoms with Crippen LogP contribution in [0.3, 0.4) is 0 Å². The number of hydrogen-bond acceptors (Lipinski definition) is 11. The number of fused-ring (bicyclic) bond motifs is 2. The van der Waals surface area contributed by atoms with Gasteiger partial charge < -0.3 is 41.3 Å². The number of nitrogens with two attached hydrogens (primary N) is 1. The number of carbonyl (C=O) groups is 3. The Hall–Kier alpha value is -7.96. The van der Waals surface area contributed by atoms with E-state index < -0.39 is 28.4 Å². The van der Waals surface area contributed by atoms with Crippen LogP contribution in [0.2, 0.25) is 0 Å². The fourth-order valence-electron chi connectivity index (χ4n) is 10.8. The Balaban J connectivity index is 0.655.